The topological polar surface area (TPSA) is 34.1 Å². The lowest BCUT2D eigenvalue weighted by Gasteiger charge is -2.28. The molecule has 1 unspecified atom stereocenters. The van der Waals surface area contributed by atoms with Gasteiger partial charge < -0.3 is 0 Å². The van der Waals surface area contributed by atoms with Crippen molar-refractivity contribution < 1.29 is 9.59 Å². The largest absolute Gasteiger partial charge is 0.299 e. The smallest absolute Gasteiger partial charge is 0.212 e. The molecule has 14 heavy (non-hydrogen) atoms. The van der Waals surface area contributed by atoms with Crippen molar-refractivity contribution in [2.75, 3.05) is 0 Å². The highest BCUT2D eigenvalue weighted by Gasteiger charge is 2.38. The zero-order valence-corrected chi connectivity index (χ0v) is 10.1. The fraction of sp³-hybridized carbons (Fsp3) is 0.833. The molecule has 0 N–H and O–H groups in total. The summed E-state index contributed by atoms with van der Waals surface area (Å²) in [7, 11) is 0. The minimum absolute atomic E-state index is 0.00463. The van der Waals surface area contributed by atoms with E-state index in [0.29, 0.717) is 6.42 Å². The summed E-state index contributed by atoms with van der Waals surface area (Å²) in [4.78, 5) is 22.7. The normalized spacial score (nSPS) is 16.5. The summed E-state index contributed by atoms with van der Waals surface area (Å²) in [5.74, 6) is 0.00449. The zero-order chi connectivity index (χ0) is 11.6. The predicted octanol–water partition coefficient (Wildman–Crippen LogP) is 2.76. The quantitative estimate of drug-likeness (QED) is 0.649. The van der Waals surface area contributed by atoms with Crippen LogP contribution in [0.25, 0.3) is 0 Å². The molecule has 1 atom stereocenters. The van der Waals surface area contributed by atoms with Gasteiger partial charge in [0.2, 0.25) is 6.29 Å². The molecule has 1 radical (unpaired) electrons. The van der Waals surface area contributed by atoms with Crippen LogP contribution in [0.2, 0.25) is 0 Å². The highest BCUT2D eigenvalue weighted by molar-refractivity contribution is 5.98. The second kappa shape index (κ2) is 4.24. The van der Waals surface area contributed by atoms with E-state index in [4.69, 9.17) is 0 Å². The molecule has 0 saturated heterocycles. The number of rotatable bonds is 4. The molecule has 81 valence electrons. The van der Waals surface area contributed by atoms with Crippen LogP contribution in [0.4, 0.5) is 0 Å². The molecule has 0 aromatic rings. The highest BCUT2D eigenvalue weighted by Crippen LogP contribution is 2.31. The second-order valence-electron chi connectivity index (χ2n) is 5.62. The van der Waals surface area contributed by atoms with Gasteiger partial charge in [-0.2, -0.15) is 0 Å². The zero-order valence-electron chi connectivity index (χ0n) is 10.1. The molecule has 0 aromatic carbocycles. The van der Waals surface area contributed by atoms with E-state index in [1.165, 1.54) is 0 Å². The molecule has 0 aliphatic carbocycles. The summed E-state index contributed by atoms with van der Waals surface area (Å²) in [5, 5.41) is 0. The van der Waals surface area contributed by atoms with E-state index in [0.717, 1.165) is 0 Å². The number of hydrogen-bond donors (Lipinski definition) is 0. The van der Waals surface area contributed by atoms with E-state index in [9.17, 15) is 9.59 Å². The van der Waals surface area contributed by atoms with Crippen LogP contribution in [0.5, 0.6) is 0 Å². The summed E-state index contributed by atoms with van der Waals surface area (Å²) in [6.07, 6.45) is 2.33. The van der Waals surface area contributed by atoms with E-state index in [1.807, 2.05) is 40.9 Å². The number of hydrogen-bond acceptors (Lipinski definition) is 2. The summed E-state index contributed by atoms with van der Waals surface area (Å²) >= 11 is 0. The van der Waals surface area contributed by atoms with Crippen molar-refractivity contribution in [3.8, 4) is 0 Å². The first-order valence-electron chi connectivity index (χ1n) is 5.06. The fourth-order valence-electron chi connectivity index (χ4n) is 1.16. The van der Waals surface area contributed by atoms with Crippen LogP contribution in [0, 0.1) is 16.7 Å². The number of Topliss-reactive ketones (excluding diaryl/α,β-unsaturated/α-hetero) is 1. The lowest BCUT2D eigenvalue weighted by Crippen LogP contribution is -2.36. The van der Waals surface area contributed by atoms with E-state index >= 15 is 0 Å². The Kier molecular flexibility index (Phi) is 4.04. The number of carbonyl (C=O) groups excluding carboxylic acids is 2. The van der Waals surface area contributed by atoms with E-state index < -0.39 is 5.41 Å². The van der Waals surface area contributed by atoms with Crippen LogP contribution >= 0.6 is 0 Å². The number of carbonyl (C=O) groups is 1. The monoisotopic (exact) mass is 197 g/mol. The molecule has 0 fully saturated rings. The van der Waals surface area contributed by atoms with E-state index in [-0.39, 0.29) is 17.1 Å². The van der Waals surface area contributed by atoms with Crippen molar-refractivity contribution in [2.45, 2.75) is 48.0 Å². The van der Waals surface area contributed by atoms with E-state index in [2.05, 4.69) is 0 Å². The van der Waals surface area contributed by atoms with Crippen LogP contribution in [-0.2, 0) is 9.59 Å². The van der Waals surface area contributed by atoms with Crippen LogP contribution in [-0.4, -0.2) is 12.1 Å². The van der Waals surface area contributed by atoms with Crippen LogP contribution in [0.15, 0.2) is 0 Å². The average molecular weight is 197 g/mol. The van der Waals surface area contributed by atoms with Gasteiger partial charge in [-0.3, -0.25) is 9.59 Å². The molecule has 0 aliphatic heterocycles. The van der Waals surface area contributed by atoms with Gasteiger partial charge in [0.25, 0.3) is 0 Å². The third-order valence-corrected chi connectivity index (χ3v) is 2.64. The lowest BCUT2D eigenvalue weighted by atomic mass is 9.72. The minimum Gasteiger partial charge on any atom is -0.299 e. The Morgan fingerprint density at radius 3 is 1.86 bits per heavy atom. The fourth-order valence-corrected chi connectivity index (χ4v) is 1.16. The van der Waals surface area contributed by atoms with E-state index in [1.54, 1.807) is 6.92 Å². The van der Waals surface area contributed by atoms with Crippen molar-refractivity contribution in [1.82, 2.24) is 0 Å². The van der Waals surface area contributed by atoms with Crippen molar-refractivity contribution in [3.05, 3.63) is 0 Å². The molecule has 0 bridgehead atoms. The van der Waals surface area contributed by atoms with Gasteiger partial charge in [-0.25, -0.2) is 0 Å². The Balaban J connectivity index is 4.73. The molecule has 0 amide bonds. The lowest BCUT2D eigenvalue weighted by molar-refractivity contribution is -0.128. The molecular weight excluding hydrogens is 176 g/mol. The maximum atomic E-state index is 11.9. The first-order chi connectivity index (χ1) is 6.13. The van der Waals surface area contributed by atoms with Gasteiger partial charge in [-0.05, 0) is 18.3 Å². The summed E-state index contributed by atoms with van der Waals surface area (Å²) < 4.78 is 0. The molecule has 0 heterocycles. The maximum Gasteiger partial charge on any atom is 0.212 e. The van der Waals surface area contributed by atoms with Gasteiger partial charge in [0, 0.05) is 6.42 Å². The van der Waals surface area contributed by atoms with Gasteiger partial charge >= 0.3 is 0 Å². The molecule has 0 aliphatic rings. The molecule has 2 heteroatoms. The first kappa shape index (κ1) is 13.3. The summed E-state index contributed by atoms with van der Waals surface area (Å²) in [5.41, 5.74) is -1.00. The molecule has 0 saturated carbocycles. The predicted molar refractivity (Wildman–Crippen MR) is 57.7 cm³/mol. The van der Waals surface area contributed by atoms with Crippen LogP contribution < -0.4 is 0 Å². The van der Waals surface area contributed by atoms with Gasteiger partial charge in [-0.15, -0.1) is 0 Å². The summed E-state index contributed by atoms with van der Waals surface area (Å²) in [6.45, 7) is 11.4. The maximum absolute atomic E-state index is 11.9. The van der Waals surface area contributed by atoms with Gasteiger partial charge in [0.15, 0.2) is 0 Å². The Morgan fingerprint density at radius 2 is 1.64 bits per heavy atom. The SMILES string of the molecule is CC(C)C(C)([C]=O)C(=O)CC(C)(C)C. The minimum atomic E-state index is -0.937. The van der Waals surface area contributed by atoms with Crippen molar-refractivity contribution >= 4 is 12.1 Å². The molecular formula is C12H21O2. The van der Waals surface area contributed by atoms with Crippen molar-refractivity contribution in [1.29, 1.82) is 0 Å². The Labute approximate surface area is 87.1 Å². The van der Waals surface area contributed by atoms with Gasteiger partial charge in [0.05, 0.1) is 5.41 Å². The molecule has 2 nitrogen and oxygen atoms in total. The average Bonchev–Trinajstić information content (AvgIpc) is 1.99. The van der Waals surface area contributed by atoms with Crippen LogP contribution in [0.1, 0.15) is 48.0 Å². The third-order valence-electron chi connectivity index (χ3n) is 2.64. The molecule has 0 rings (SSSR count). The second-order valence-corrected chi connectivity index (χ2v) is 5.62. The molecule has 0 spiro atoms. The molecule has 0 aromatic heterocycles. The first-order valence-corrected chi connectivity index (χ1v) is 5.06. The van der Waals surface area contributed by atoms with Gasteiger partial charge in [0.1, 0.15) is 5.78 Å². The van der Waals surface area contributed by atoms with Crippen molar-refractivity contribution in [3.63, 3.8) is 0 Å². The van der Waals surface area contributed by atoms with Crippen molar-refractivity contribution in [2.24, 2.45) is 16.7 Å². The Hall–Kier alpha value is -0.660. The highest BCUT2D eigenvalue weighted by atomic mass is 16.1. The van der Waals surface area contributed by atoms with Gasteiger partial charge in [-0.1, -0.05) is 34.6 Å². The standard InChI is InChI=1S/C12H21O2/c1-9(2)12(6,8-13)10(14)7-11(3,4)5/h9H,7H2,1-6H3. The Morgan fingerprint density at radius 1 is 1.21 bits per heavy atom. The van der Waals surface area contributed by atoms with Crippen LogP contribution in [0.3, 0.4) is 0 Å². The number of ketones is 1. The Bertz CT molecular complexity index is 223. The summed E-state index contributed by atoms with van der Waals surface area (Å²) in [6, 6.07) is 0. The third kappa shape index (κ3) is 3.24.